The lowest BCUT2D eigenvalue weighted by Crippen LogP contribution is -2.29. The van der Waals surface area contributed by atoms with E-state index < -0.39 is 0 Å². The lowest BCUT2D eigenvalue weighted by molar-refractivity contribution is 0.105. The Hall–Kier alpha value is -2.90. The predicted octanol–water partition coefficient (Wildman–Crippen LogP) is 3.38. The van der Waals surface area contributed by atoms with Crippen LogP contribution in [-0.4, -0.2) is 18.9 Å². The van der Waals surface area contributed by atoms with E-state index in [1.165, 1.54) is 0 Å². The average molecular weight is 344 g/mol. The van der Waals surface area contributed by atoms with Gasteiger partial charge in [-0.15, -0.1) is 0 Å². The Bertz CT molecular complexity index is 1010. The first-order chi connectivity index (χ1) is 12.5. The Morgan fingerprint density at radius 3 is 2.69 bits per heavy atom. The minimum absolute atomic E-state index is 0.0585. The predicted molar refractivity (Wildman–Crippen MR) is 100 cm³/mol. The number of carbonyl (C=O) groups excluding carboxylic acids is 1. The number of nitrogens with zero attached hydrogens (tertiary/aromatic N) is 1. The molecule has 0 radical (unpaired) electrons. The van der Waals surface area contributed by atoms with Crippen molar-refractivity contribution in [1.82, 2.24) is 0 Å². The first-order valence-electron chi connectivity index (χ1n) is 8.76. The van der Waals surface area contributed by atoms with Crippen LogP contribution in [0.25, 0.3) is 5.57 Å². The molecular formula is C22H20N2O2. The van der Waals surface area contributed by atoms with Crippen LogP contribution >= 0.6 is 0 Å². The van der Waals surface area contributed by atoms with Crippen LogP contribution in [0.3, 0.4) is 0 Å². The summed E-state index contributed by atoms with van der Waals surface area (Å²) in [6.07, 6.45) is 0.701. The van der Waals surface area contributed by atoms with E-state index in [1.807, 2.05) is 30.3 Å². The molecule has 4 rings (SSSR count). The minimum atomic E-state index is -0.285. The van der Waals surface area contributed by atoms with Gasteiger partial charge in [0.2, 0.25) is 0 Å². The van der Waals surface area contributed by atoms with E-state index in [1.54, 1.807) is 6.07 Å². The number of nitriles is 1. The third-order valence-corrected chi connectivity index (χ3v) is 5.45. The van der Waals surface area contributed by atoms with Gasteiger partial charge in [-0.3, -0.25) is 4.79 Å². The fourth-order valence-electron chi connectivity index (χ4n) is 4.09. The highest BCUT2D eigenvalue weighted by molar-refractivity contribution is 6.33. The number of allylic oxidation sites excluding steroid dienone is 2. The van der Waals surface area contributed by atoms with Gasteiger partial charge < -0.3 is 10.5 Å². The van der Waals surface area contributed by atoms with Crippen molar-refractivity contribution in [3.05, 3.63) is 69.8 Å². The Morgan fingerprint density at radius 2 is 1.96 bits per heavy atom. The Morgan fingerprint density at radius 1 is 1.19 bits per heavy atom. The van der Waals surface area contributed by atoms with Crippen LogP contribution in [-0.2, 0) is 11.8 Å². The standard InChI is InChI=1S/C22H20N2O2/c1-22(2)18-11-15(26-8-7-23)4-6-17(18)21(25)20-16-5-3-13(12-24)9-14(16)10-19(20)22/h3-6,9,11H,7-8,10,23H2,1-2H3. The van der Waals surface area contributed by atoms with Gasteiger partial charge in [0.25, 0.3) is 0 Å². The second-order valence-electron chi connectivity index (χ2n) is 7.31. The molecule has 0 spiro atoms. The molecule has 2 aliphatic carbocycles. The summed E-state index contributed by atoms with van der Waals surface area (Å²) >= 11 is 0. The van der Waals surface area contributed by atoms with Crippen molar-refractivity contribution in [2.45, 2.75) is 25.7 Å². The van der Waals surface area contributed by atoms with E-state index in [2.05, 4.69) is 19.9 Å². The zero-order valence-electron chi connectivity index (χ0n) is 14.9. The van der Waals surface area contributed by atoms with Crippen molar-refractivity contribution in [2.75, 3.05) is 13.2 Å². The highest BCUT2D eigenvalue weighted by atomic mass is 16.5. The van der Waals surface area contributed by atoms with Crippen LogP contribution in [0.1, 0.15) is 46.5 Å². The number of ether oxygens (including phenoxy) is 1. The normalized spacial score (nSPS) is 16.6. The number of Topliss-reactive ketones (excluding diaryl/α,β-unsaturated/α-hetero) is 1. The number of fused-ring (bicyclic) bond motifs is 3. The van der Waals surface area contributed by atoms with Crippen LogP contribution < -0.4 is 10.5 Å². The Balaban J connectivity index is 1.84. The fourth-order valence-corrected chi connectivity index (χ4v) is 4.09. The van der Waals surface area contributed by atoms with Crippen molar-refractivity contribution in [3.63, 3.8) is 0 Å². The maximum absolute atomic E-state index is 13.2. The zero-order chi connectivity index (χ0) is 18.5. The molecule has 0 amide bonds. The molecule has 130 valence electrons. The van der Waals surface area contributed by atoms with Gasteiger partial charge in [0.1, 0.15) is 12.4 Å². The molecule has 4 heteroatoms. The van der Waals surface area contributed by atoms with Crippen LogP contribution in [0, 0.1) is 11.3 Å². The SMILES string of the molecule is CC1(C)C2=C(C(=O)c3ccc(OCCN)cc31)c1ccc(C#N)cc1C2. The topological polar surface area (TPSA) is 76.1 Å². The largest absolute Gasteiger partial charge is 0.492 e. The summed E-state index contributed by atoms with van der Waals surface area (Å²) in [5.74, 6) is 0.796. The van der Waals surface area contributed by atoms with E-state index in [4.69, 9.17) is 10.5 Å². The Kier molecular flexibility index (Phi) is 3.71. The second-order valence-corrected chi connectivity index (χ2v) is 7.31. The third kappa shape index (κ3) is 2.28. The minimum Gasteiger partial charge on any atom is -0.492 e. The molecule has 2 aromatic carbocycles. The number of carbonyl (C=O) groups is 1. The first-order valence-corrected chi connectivity index (χ1v) is 8.76. The van der Waals surface area contributed by atoms with Gasteiger partial charge in [0.05, 0.1) is 11.6 Å². The van der Waals surface area contributed by atoms with Crippen molar-refractivity contribution in [2.24, 2.45) is 5.73 Å². The van der Waals surface area contributed by atoms with Gasteiger partial charge in [-0.2, -0.15) is 5.26 Å². The van der Waals surface area contributed by atoms with Crippen LogP contribution in [0.4, 0.5) is 0 Å². The quantitative estimate of drug-likeness (QED) is 0.926. The van der Waals surface area contributed by atoms with Gasteiger partial charge in [0.15, 0.2) is 5.78 Å². The zero-order valence-corrected chi connectivity index (χ0v) is 14.9. The number of ketones is 1. The number of benzene rings is 2. The van der Waals surface area contributed by atoms with Gasteiger partial charge in [-0.1, -0.05) is 19.9 Å². The van der Waals surface area contributed by atoms with Gasteiger partial charge >= 0.3 is 0 Å². The molecule has 2 aliphatic rings. The van der Waals surface area contributed by atoms with Gasteiger partial charge in [0, 0.05) is 23.1 Å². The van der Waals surface area contributed by atoms with E-state index in [0.717, 1.165) is 39.1 Å². The fraction of sp³-hybridized carbons (Fsp3) is 0.273. The van der Waals surface area contributed by atoms with Crippen molar-refractivity contribution in [3.8, 4) is 11.8 Å². The van der Waals surface area contributed by atoms with Crippen molar-refractivity contribution >= 4 is 11.4 Å². The van der Waals surface area contributed by atoms with Gasteiger partial charge in [-0.25, -0.2) is 0 Å². The average Bonchev–Trinajstić information content (AvgIpc) is 3.04. The van der Waals surface area contributed by atoms with E-state index in [9.17, 15) is 10.1 Å². The second kappa shape index (κ2) is 5.82. The monoisotopic (exact) mass is 344 g/mol. The van der Waals surface area contributed by atoms with E-state index in [0.29, 0.717) is 25.1 Å². The summed E-state index contributed by atoms with van der Waals surface area (Å²) in [6, 6.07) is 13.4. The van der Waals surface area contributed by atoms with E-state index >= 15 is 0 Å². The molecule has 2 N–H and O–H groups in total. The summed E-state index contributed by atoms with van der Waals surface area (Å²) < 4.78 is 5.66. The molecule has 0 atom stereocenters. The first kappa shape index (κ1) is 16.6. The van der Waals surface area contributed by atoms with E-state index in [-0.39, 0.29) is 11.2 Å². The molecule has 0 aliphatic heterocycles. The lowest BCUT2D eigenvalue weighted by atomic mass is 9.68. The maximum Gasteiger partial charge on any atom is 0.193 e. The number of nitrogens with two attached hydrogens (primary N) is 1. The summed E-state index contributed by atoms with van der Waals surface area (Å²) in [4.78, 5) is 13.2. The molecule has 0 aromatic heterocycles. The summed E-state index contributed by atoms with van der Waals surface area (Å²) in [7, 11) is 0. The molecule has 0 unspecified atom stereocenters. The molecule has 26 heavy (non-hydrogen) atoms. The van der Waals surface area contributed by atoms with Crippen LogP contribution in [0.15, 0.2) is 42.0 Å². The third-order valence-electron chi connectivity index (χ3n) is 5.45. The Labute approximate surface area is 152 Å². The van der Waals surface area contributed by atoms with Crippen molar-refractivity contribution < 1.29 is 9.53 Å². The number of rotatable bonds is 3. The molecule has 0 saturated carbocycles. The molecule has 0 bridgehead atoms. The highest BCUT2D eigenvalue weighted by Crippen LogP contribution is 2.50. The van der Waals surface area contributed by atoms with Crippen molar-refractivity contribution in [1.29, 1.82) is 5.26 Å². The highest BCUT2D eigenvalue weighted by Gasteiger charge is 2.42. The number of hydrogen-bond acceptors (Lipinski definition) is 4. The molecule has 0 heterocycles. The van der Waals surface area contributed by atoms with Crippen LogP contribution in [0.2, 0.25) is 0 Å². The summed E-state index contributed by atoms with van der Waals surface area (Å²) in [5, 5.41) is 9.17. The maximum atomic E-state index is 13.2. The van der Waals surface area contributed by atoms with Crippen LogP contribution in [0.5, 0.6) is 5.75 Å². The molecule has 4 nitrogen and oxygen atoms in total. The number of hydrogen-bond donors (Lipinski definition) is 1. The molecule has 2 aromatic rings. The molecule has 0 fully saturated rings. The summed E-state index contributed by atoms with van der Waals surface area (Å²) in [6.45, 7) is 5.20. The molecular weight excluding hydrogens is 324 g/mol. The lowest BCUT2D eigenvalue weighted by Gasteiger charge is -2.34. The molecule has 0 saturated heterocycles. The van der Waals surface area contributed by atoms with Gasteiger partial charge in [-0.05, 0) is 59.0 Å². The smallest absolute Gasteiger partial charge is 0.193 e. The summed E-state index contributed by atoms with van der Waals surface area (Å²) in [5.41, 5.74) is 11.5.